The van der Waals surface area contributed by atoms with Crippen molar-refractivity contribution in [2.75, 3.05) is 20.6 Å². The zero-order valence-corrected chi connectivity index (χ0v) is 11.1. The third-order valence-corrected chi connectivity index (χ3v) is 3.99. The van der Waals surface area contributed by atoms with E-state index in [0.29, 0.717) is 6.54 Å². The maximum Gasteiger partial charge on any atom is 0.228 e. The largest absolute Gasteiger partial charge is 0.346 e. The molecule has 0 aromatic heterocycles. The van der Waals surface area contributed by atoms with Gasteiger partial charge in [-0.25, -0.2) is 0 Å². The Morgan fingerprint density at radius 3 is 2.53 bits per heavy atom. The average molecular weight is 238 g/mol. The van der Waals surface area contributed by atoms with Gasteiger partial charge in [0.1, 0.15) is 6.29 Å². The maximum atomic E-state index is 12.3. The van der Waals surface area contributed by atoms with Crippen molar-refractivity contribution in [1.82, 2.24) is 9.80 Å². The summed E-state index contributed by atoms with van der Waals surface area (Å²) in [5.74, 6) is -0.509. The summed E-state index contributed by atoms with van der Waals surface area (Å²) in [5.41, 5.74) is 0. The van der Waals surface area contributed by atoms with E-state index in [0.717, 1.165) is 6.29 Å². The minimum Gasteiger partial charge on any atom is -0.346 e. The molecule has 0 N–H and O–H groups in total. The fraction of sp³-hybridized carbons (Fsp3) is 0.692. The summed E-state index contributed by atoms with van der Waals surface area (Å²) in [6.45, 7) is 8.35. The van der Waals surface area contributed by atoms with Crippen molar-refractivity contribution in [3.63, 3.8) is 0 Å². The fourth-order valence-electron chi connectivity index (χ4n) is 2.56. The Labute approximate surface area is 103 Å². The van der Waals surface area contributed by atoms with Crippen LogP contribution >= 0.6 is 0 Å². The third kappa shape index (κ3) is 2.27. The Morgan fingerprint density at radius 1 is 1.53 bits per heavy atom. The predicted octanol–water partition coefficient (Wildman–Crippen LogP) is 0.784. The number of carbonyl (C=O) groups excluding carboxylic acids is 2. The molecule has 0 aliphatic carbocycles. The van der Waals surface area contributed by atoms with Crippen molar-refractivity contribution in [2.24, 2.45) is 11.8 Å². The lowest BCUT2D eigenvalue weighted by atomic mass is 9.87. The Kier molecular flexibility index (Phi) is 4.46. The highest BCUT2D eigenvalue weighted by Crippen LogP contribution is 2.34. The minimum absolute atomic E-state index is 0.0331. The lowest BCUT2D eigenvalue weighted by Crippen LogP contribution is -2.41. The first-order chi connectivity index (χ1) is 7.99. The van der Waals surface area contributed by atoms with E-state index in [9.17, 15) is 9.59 Å². The van der Waals surface area contributed by atoms with Crippen LogP contribution in [0.1, 0.15) is 13.8 Å². The van der Waals surface area contributed by atoms with Crippen molar-refractivity contribution in [1.29, 1.82) is 0 Å². The van der Waals surface area contributed by atoms with Gasteiger partial charge < -0.3 is 9.69 Å². The van der Waals surface area contributed by atoms with E-state index < -0.39 is 0 Å². The molecule has 0 aromatic carbocycles. The first kappa shape index (κ1) is 13.9. The van der Waals surface area contributed by atoms with Gasteiger partial charge in [0, 0.05) is 31.6 Å². The van der Waals surface area contributed by atoms with Crippen LogP contribution in [0.3, 0.4) is 0 Å². The van der Waals surface area contributed by atoms with E-state index in [1.165, 1.54) is 0 Å². The average Bonchev–Trinajstić information content (AvgIpc) is 2.59. The number of likely N-dealkylation sites (tertiary alicyclic amines) is 1. The van der Waals surface area contributed by atoms with Gasteiger partial charge >= 0.3 is 0 Å². The van der Waals surface area contributed by atoms with E-state index in [1.807, 2.05) is 20.9 Å². The molecule has 0 aromatic rings. The van der Waals surface area contributed by atoms with Gasteiger partial charge in [-0.15, -0.1) is 6.58 Å². The predicted molar refractivity (Wildman–Crippen MR) is 67.6 cm³/mol. The molecule has 96 valence electrons. The molecule has 4 heteroatoms. The molecule has 1 fully saturated rings. The number of rotatable bonds is 4. The van der Waals surface area contributed by atoms with Gasteiger partial charge in [-0.3, -0.25) is 9.69 Å². The SMILES string of the molecule is C=CC1C(C(=O)N(C)CC)C(C=O)C(C)N1C. The smallest absolute Gasteiger partial charge is 0.228 e. The summed E-state index contributed by atoms with van der Waals surface area (Å²) in [4.78, 5) is 27.2. The number of aldehydes is 1. The van der Waals surface area contributed by atoms with Crippen LogP contribution in [0, 0.1) is 11.8 Å². The van der Waals surface area contributed by atoms with Gasteiger partial charge in [-0.1, -0.05) is 6.08 Å². The summed E-state index contributed by atoms with van der Waals surface area (Å²) in [5, 5.41) is 0. The van der Waals surface area contributed by atoms with Gasteiger partial charge in [0.05, 0.1) is 5.92 Å². The Hall–Kier alpha value is -1.16. The van der Waals surface area contributed by atoms with Gasteiger partial charge in [-0.2, -0.15) is 0 Å². The Bertz CT molecular complexity index is 297. The molecule has 17 heavy (non-hydrogen) atoms. The molecule has 4 unspecified atom stereocenters. The lowest BCUT2D eigenvalue weighted by Gasteiger charge is -2.25. The van der Waals surface area contributed by atoms with Crippen molar-refractivity contribution < 1.29 is 9.59 Å². The van der Waals surface area contributed by atoms with Crippen LogP contribution in [0.4, 0.5) is 0 Å². The van der Waals surface area contributed by atoms with Crippen molar-refractivity contribution in [2.45, 2.75) is 25.9 Å². The quantitative estimate of drug-likeness (QED) is 0.537. The van der Waals surface area contributed by atoms with Crippen LogP contribution in [-0.2, 0) is 9.59 Å². The molecular formula is C13H22N2O2. The van der Waals surface area contributed by atoms with Gasteiger partial charge in [0.15, 0.2) is 0 Å². The van der Waals surface area contributed by atoms with Crippen LogP contribution in [0.2, 0.25) is 0 Å². The second-order valence-corrected chi connectivity index (χ2v) is 4.72. The summed E-state index contributed by atoms with van der Waals surface area (Å²) in [6.07, 6.45) is 2.68. The van der Waals surface area contributed by atoms with Crippen molar-refractivity contribution >= 4 is 12.2 Å². The maximum absolute atomic E-state index is 12.3. The van der Waals surface area contributed by atoms with E-state index >= 15 is 0 Å². The van der Waals surface area contributed by atoms with E-state index in [4.69, 9.17) is 0 Å². The first-order valence-corrected chi connectivity index (χ1v) is 6.04. The van der Waals surface area contributed by atoms with Crippen LogP contribution in [0.5, 0.6) is 0 Å². The van der Waals surface area contributed by atoms with E-state index in [2.05, 4.69) is 11.5 Å². The summed E-state index contributed by atoms with van der Waals surface area (Å²) < 4.78 is 0. The zero-order chi connectivity index (χ0) is 13.2. The molecule has 1 aliphatic rings. The second-order valence-electron chi connectivity index (χ2n) is 4.72. The third-order valence-electron chi connectivity index (χ3n) is 3.99. The van der Waals surface area contributed by atoms with Crippen LogP contribution < -0.4 is 0 Å². The van der Waals surface area contributed by atoms with Gasteiger partial charge in [-0.05, 0) is 20.9 Å². The number of likely N-dealkylation sites (N-methyl/N-ethyl adjacent to an activating group) is 1. The molecule has 0 bridgehead atoms. The number of carbonyl (C=O) groups is 2. The first-order valence-electron chi connectivity index (χ1n) is 6.04. The highest BCUT2D eigenvalue weighted by Gasteiger charge is 2.47. The monoisotopic (exact) mass is 238 g/mol. The molecule has 1 rings (SSSR count). The molecule has 4 atom stereocenters. The van der Waals surface area contributed by atoms with Crippen molar-refractivity contribution in [3.8, 4) is 0 Å². The lowest BCUT2D eigenvalue weighted by molar-refractivity contribution is -0.137. The summed E-state index contributed by atoms with van der Waals surface area (Å²) in [6, 6.07) is 0.0245. The normalized spacial score (nSPS) is 33.4. The molecule has 0 radical (unpaired) electrons. The number of hydrogen-bond acceptors (Lipinski definition) is 3. The van der Waals surface area contributed by atoms with Gasteiger partial charge in [0.25, 0.3) is 0 Å². The second kappa shape index (κ2) is 5.45. The molecule has 0 saturated carbocycles. The van der Waals surface area contributed by atoms with Gasteiger partial charge in [0.2, 0.25) is 5.91 Å². The number of hydrogen-bond donors (Lipinski definition) is 0. The fourth-order valence-corrected chi connectivity index (χ4v) is 2.56. The Balaban J connectivity index is 3.04. The highest BCUT2D eigenvalue weighted by atomic mass is 16.2. The van der Waals surface area contributed by atoms with Crippen LogP contribution in [0.25, 0.3) is 0 Å². The molecule has 1 saturated heterocycles. The van der Waals surface area contributed by atoms with Crippen LogP contribution in [-0.4, -0.2) is 54.7 Å². The summed E-state index contributed by atoms with van der Waals surface area (Å²) in [7, 11) is 3.71. The minimum atomic E-state index is -0.296. The highest BCUT2D eigenvalue weighted by molar-refractivity contribution is 5.83. The topological polar surface area (TPSA) is 40.6 Å². The molecule has 4 nitrogen and oxygen atoms in total. The molecular weight excluding hydrogens is 216 g/mol. The number of nitrogens with zero attached hydrogens (tertiary/aromatic N) is 2. The number of amides is 1. The summed E-state index contributed by atoms with van der Waals surface area (Å²) >= 11 is 0. The van der Waals surface area contributed by atoms with Crippen molar-refractivity contribution in [3.05, 3.63) is 12.7 Å². The standard InChI is InChI=1S/C13H22N2O2/c1-6-11-12(13(17)14(4)7-2)10(8-16)9(3)15(11)5/h6,8-12H,1,7H2,2-5H3. The van der Waals surface area contributed by atoms with Crippen LogP contribution in [0.15, 0.2) is 12.7 Å². The molecule has 1 amide bonds. The van der Waals surface area contributed by atoms with E-state index in [-0.39, 0.29) is 29.8 Å². The Morgan fingerprint density at radius 2 is 2.12 bits per heavy atom. The molecule has 1 aliphatic heterocycles. The molecule has 0 spiro atoms. The zero-order valence-electron chi connectivity index (χ0n) is 11.1. The molecule has 1 heterocycles. The van der Waals surface area contributed by atoms with E-state index in [1.54, 1.807) is 18.0 Å².